The molecule has 1 amide bonds. The molecule has 10 nitrogen and oxygen atoms in total. The van der Waals surface area contributed by atoms with Crippen LogP contribution in [0.4, 0.5) is 5.69 Å². The Hall–Kier alpha value is -4.73. The van der Waals surface area contributed by atoms with Gasteiger partial charge in [0.05, 0.1) is 40.8 Å². The van der Waals surface area contributed by atoms with Gasteiger partial charge in [-0.25, -0.2) is 15.0 Å². The summed E-state index contributed by atoms with van der Waals surface area (Å²) < 4.78 is 7.65. The number of fused-ring (bicyclic) bond motifs is 1. The van der Waals surface area contributed by atoms with Crippen LogP contribution >= 0.6 is 0 Å². The van der Waals surface area contributed by atoms with Gasteiger partial charge in [0.25, 0.3) is 5.91 Å². The Labute approximate surface area is 194 Å². The first-order valence-electron chi connectivity index (χ1n) is 10.5. The maximum Gasteiger partial charge on any atom is 0.269 e. The number of hydrogen-bond donors (Lipinski definition) is 3. The number of aromatic amines is 1. The molecule has 0 fully saturated rings. The van der Waals surface area contributed by atoms with Crippen LogP contribution in [-0.4, -0.2) is 35.6 Å². The Morgan fingerprint density at radius 2 is 2.03 bits per heavy atom. The van der Waals surface area contributed by atoms with Crippen molar-refractivity contribution < 1.29 is 9.53 Å². The van der Waals surface area contributed by atoms with Crippen molar-refractivity contribution in [2.75, 3.05) is 5.73 Å². The number of benzene rings is 1. The van der Waals surface area contributed by atoms with Gasteiger partial charge in [-0.1, -0.05) is 12.1 Å². The molecule has 0 atom stereocenters. The van der Waals surface area contributed by atoms with Gasteiger partial charge in [0.15, 0.2) is 5.69 Å². The number of aryl methyl sites for hydroxylation is 2. The highest BCUT2D eigenvalue weighted by molar-refractivity contribution is 6.05. The number of imidazole rings is 1. The number of nitrogens with two attached hydrogens (primary N) is 2. The van der Waals surface area contributed by atoms with Crippen molar-refractivity contribution in [1.82, 2.24) is 29.7 Å². The zero-order valence-corrected chi connectivity index (χ0v) is 18.6. The monoisotopic (exact) mass is 454 g/mol. The SMILES string of the molecule is Cc1ccc2[nH]ncc2c1-c1cc(-c2cccc(OCc3cn(C)cn3)n2)nc(C(N)=O)c1N. The third-order valence-electron chi connectivity index (χ3n) is 5.51. The first-order chi connectivity index (χ1) is 16.4. The van der Waals surface area contributed by atoms with Crippen molar-refractivity contribution in [3.05, 3.63) is 72.1 Å². The molecule has 0 aliphatic carbocycles. The number of amides is 1. The zero-order valence-electron chi connectivity index (χ0n) is 18.6. The number of nitrogens with zero attached hydrogens (tertiary/aromatic N) is 5. The highest BCUT2D eigenvalue weighted by Crippen LogP contribution is 2.37. The summed E-state index contributed by atoms with van der Waals surface area (Å²) in [6.07, 6.45) is 5.30. The quantitative estimate of drug-likeness (QED) is 0.357. The van der Waals surface area contributed by atoms with E-state index in [9.17, 15) is 4.79 Å². The van der Waals surface area contributed by atoms with E-state index in [4.69, 9.17) is 16.2 Å². The van der Waals surface area contributed by atoms with Crippen molar-refractivity contribution in [3.63, 3.8) is 0 Å². The third-order valence-corrected chi connectivity index (χ3v) is 5.51. The lowest BCUT2D eigenvalue weighted by Gasteiger charge is -2.15. The number of pyridine rings is 2. The Bertz CT molecular complexity index is 1540. The molecule has 4 aromatic heterocycles. The second-order valence-corrected chi connectivity index (χ2v) is 7.95. The van der Waals surface area contributed by atoms with Crippen LogP contribution in [0.25, 0.3) is 33.4 Å². The number of rotatable bonds is 6. The van der Waals surface area contributed by atoms with E-state index in [0.29, 0.717) is 22.8 Å². The van der Waals surface area contributed by atoms with E-state index in [1.807, 2.05) is 36.9 Å². The van der Waals surface area contributed by atoms with Gasteiger partial charge in [0.1, 0.15) is 6.61 Å². The number of hydrogen-bond acceptors (Lipinski definition) is 7. The number of carbonyl (C=O) groups excluding carboxylic acids is 1. The van der Waals surface area contributed by atoms with Gasteiger partial charge in [0.2, 0.25) is 5.88 Å². The minimum atomic E-state index is -0.722. The first kappa shape index (κ1) is 21.1. The molecule has 10 heteroatoms. The molecule has 5 aromatic rings. The van der Waals surface area contributed by atoms with Gasteiger partial charge in [-0.3, -0.25) is 9.89 Å². The van der Waals surface area contributed by atoms with Crippen molar-refractivity contribution in [2.45, 2.75) is 13.5 Å². The lowest BCUT2D eigenvalue weighted by atomic mass is 9.94. The Kier molecular flexibility index (Phi) is 5.17. The summed E-state index contributed by atoms with van der Waals surface area (Å²) in [6.45, 7) is 2.24. The first-order valence-corrected chi connectivity index (χ1v) is 10.5. The molecule has 0 radical (unpaired) electrons. The van der Waals surface area contributed by atoms with Gasteiger partial charge < -0.3 is 20.8 Å². The van der Waals surface area contributed by atoms with Gasteiger partial charge in [-0.15, -0.1) is 0 Å². The van der Waals surface area contributed by atoms with Crippen LogP contribution in [0.3, 0.4) is 0 Å². The lowest BCUT2D eigenvalue weighted by molar-refractivity contribution is 0.0996. The number of primary amides is 1. The fraction of sp³-hybridized carbons (Fsp3) is 0.125. The Balaban J connectivity index is 1.60. The molecule has 0 aliphatic rings. The molecule has 170 valence electrons. The average molecular weight is 454 g/mol. The van der Waals surface area contributed by atoms with Crippen LogP contribution in [0.15, 0.2) is 55.1 Å². The maximum absolute atomic E-state index is 12.2. The molecular weight excluding hydrogens is 432 g/mol. The summed E-state index contributed by atoms with van der Waals surface area (Å²) >= 11 is 0. The predicted molar refractivity (Wildman–Crippen MR) is 128 cm³/mol. The zero-order chi connectivity index (χ0) is 23.8. The Morgan fingerprint density at radius 3 is 2.79 bits per heavy atom. The highest BCUT2D eigenvalue weighted by atomic mass is 16.5. The molecule has 1 aromatic carbocycles. The molecule has 0 aliphatic heterocycles. The van der Waals surface area contributed by atoms with Crippen molar-refractivity contribution in [2.24, 2.45) is 12.8 Å². The van der Waals surface area contributed by atoms with Crippen LogP contribution < -0.4 is 16.2 Å². The molecule has 0 unspecified atom stereocenters. The van der Waals surface area contributed by atoms with Crippen LogP contribution in [0.2, 0.25) is 0 Å². The largest absolute Gasteiger partial charge is 0.471 e. The summed E-state index contributed by atoms with van der Waals surface area (Å²) in [6, 6.07) is 11.0. The highest BCUT2D eigenvalue weighted by Gasteiger charge is 2.20. The van der Waals surface area contributed by atoms with Crippen molar-refractivity contribution in [3.8, 4) is 28.4 Å². The second-order valence-electron chi connectivity index (χ2n) is 7.95. The summed E-state index contributed by atoms with van der Waals surface area (Å²) in [7, 11) is 1.89. The van der Waals surface area contributed by atoms with E-state index in [1.165, 1.54) is 0 Å². The lowest BCUT2D eigenvalue weighted by Crippen LogP contribution is -2.17. The second kappa shape index (κ2) is 8.32. The van der Waals surface area contributed by atoms with E-state index in [0.717, 1.165) is 27.7 Å². The van der Waals surface area contributed by atoms with Gasteiger partial charge in [0, 0.05) is 30.3 Å². The van der Waals surface area contributed by atoms with E-state index >= 15 is 0 Å². The number of anilines is 1. The number of aromatic nitrogens is 6. The van der Waals surface area contributed by atoms with Crippen molar-refractivity contribution >= 4 is 22.5 Å². The molecule has 34 heavy (non-hydrogen) atoms. The molecule has 0 spiro atoms. The fourth-order valence-corrected chi connectivity index (χ4v) is 3.89. The van der Waals surface area contributed by atoms with E-state index in [2.05, 4.69) is 25.1 Å². The van der Waals surface area contributed by atoms with Crippen LogP contribution in [0.1, 0.15) is 21.7 Å². The van der Waals surface area contributed by atoms with Crippen molar-refractivity contribution in [1.29, 1.82) is 0 Å². The number of H-pyrrole nitrogens is 1. The van der Waals surface area contributed by atoms with Crippen LogP contribution in [-0.2, 0) is 13.7 Å². The average Bonchev–Trinajstić information content (AvgIpc) is 3.47. The molecule has 0 saturated carbocycles. The maximum atomic E-state index is 12.2. The summed E-state index contributed by atoms with van der Waals surface area (Å²) in [5, 5.41) is 7.98. The summed E-state index contributed by atoms with van der Waals surface area (Å²) in [5.74, 6) is -0.322. The summed E-state index contributed by atoms with van der Waals surface area (Å²) in [5.41, 5.74) is 17.2. The smallest absolute Gasteiger partial charge is 0.269 e. The molecule has 0 bridgehead atoms. The number of nitrogens with one attached hydrogen (secondary N) is 1. The van der Waals surface area contributed by atoms with E-state index in [-0.39, 0.29) is 18.0 Å². The summed E-state index contributed by atoms with van der Waals surface area (Å²) in [4.78, 5) is 25.5. The minimum Gasteiger partial charge on any atom is -0.471 e. The molecule has 5 rings (SSSR count). The van der Waals surface area contributed by atoms with Gasteiger partial charge in [-0.05, 0) is 36.2 Å². The topological polar surface area (TPSA) is 151 Å². The minimum absolute atomic E-state index is 0.0194. The fourth-order valence-electron chi connectivity index (χ4n) is 3.89. The van der Waals surface area contributed by atoms with Crippen LogP contribution in [0, 0.1) is 6.92 Å². The number of carbonyl (C=O) groups is 1. The molecule has 0 saturated heterocycles. The Morgan fingerprint density at radius 1 is 1.18 bits per heavy atom. The van der Waals surface area contributed by atoms with Gasteiger partial charge >= 0.3 is 0 Å². The molecule has 5 N–H and O–H groups in total. The predicted octanol–water partition coefficient (Wildman–Crippen LogP) is 2.99. The van der Waals surface area contributed by atoms with Gasteiger partial charge in [-0.2, -0.15) is 5.10 Å². The number of nitrogen functional groups attached to an aromatic ring is 1. The van der Waals surface area contributed by atoms with Crippen LogP contribution in [0.5, 0.6) is 5.88 Å². The number of ether oxygens (including phenoxy) is 1. The normalized spacial score (nSPS) is 11.1. The van der Waals surface area contributed by atoms with E-state index in [1.54, 1.807) is 36.8 Å². The van der Waals surface area contributed by atoms with E-state index < -0.39 is 5.91 Å². The standard InChI is InChI=1S/C24H22N8O2/c1-13-6-7-17-16(9-28-31-17)21(13)15-8-19(30-23(22(15)25)24(26)33)18-4-3-5-20(29-18)34-11-14-10-32(2)12-27-14/h3-10,12H,11,25H2,1-2H3,(H2,26,33)(H,28,31). The molecule has 4 heterocycles. The third kappa shape index (κ3) is 3.81. The molecular formula is C24H22N8O2.